The Morgan fingerprint density at radius 2 is 1.69 bits per heavy atom. The Bertz CT molecular complexity index is 1310. The lowest BCUT2D eigenvalue weighted by atomic mass is 9.81. The number of rotatable bonds is 17. The van der Waals surface area contributed by atoms with Gasteiger partial charge in [-0.3, -0.25) is 19.2 Å². The van der Waals surface area contributed by atoms with E-state index in [-0.39, 0.29) is 42.9 Å². The van der Waals surface area contributed by atoms with E-state index in [4.69, 9.17) is 4.74 Å². The summed E-state index contributed by atoms with van der Waals surface area (Å²) in [6.45, 7) is 5.80. The number of thiazole rings is 1. The number of hydrogen-bond donors (Lipinski definition) is 4. The van der Waals surface area contributed by atoms with Crippen molar-refractivity contribution in [3.63, 3.8) is 0 Å². The van der Waals surface area contributed by atoms with Gasteiger partial charge in [0.25, 0.3) is 0 Å². The zero-order valence-electron chi connectivity index (χ0n) is 29.3. The second kappa shape index (κ2) is 19.7. The van der Waals surface area contributed by atoms with E-state index in [9.17, 15) is 24.3 Å². The minimum atomic E-state index is -0.979. The van der Waals surface area contributed by atoms with Crippen molar-refractivity contribution in [2.24, 2.45) is 23.7 Å². The molecule has 49 heavy (non-hydrogen) atoms. The van der Waals surface area contributed by atoms with Crippen LogP contribution in [0, 0.1) is 23.7 Å². The van der Waals surface area contributed by atoms with Crippen molar-refractivity contribution in [1.29, 1.82) is 0 Å². The van der Waals surface area contributed by atoms with Crippen LogP contribution in [0.5, 0.6) is 0 Å². The molecule has 0 bridgehead atoms. The molecule has 0 spiro atoms. The molecule has 4 amide bonds. The van der Waals surface area contributed by atoms with Crippen LogP contribution in [0.3, 0.4) is 0 Å². The van der Waals surface area contributed by atoms with Crippen LogP contribution in [-0.2, 0) is 36.8 Å². The van der Waals surface area contributed by atoms with Crippen LogP contribution >= 0.6 is 11.3 Å². The number of aromatic nitrogens is 1. The molecule has 2 aromatic rings. The summed E-state index contributed by atoms with van der Waals surface area (Å²) < 4.78 is 5.41. The van der Waals surface area contributed by atoms with Gasteiger partial charge in [-0.15, -0.1) is 11.3 Å². The van der Waals surface area contributed by atoms with Gasteiger partial charge in [-0.05, 0) is 36.7 Å². The van der Waals surface area contributed by atoms with Crippen LogP contribution in [-0.4, -0.2) is 90.2 Å². The molecule has 270 valence electrons. The van der Waals surface area contributed by atoms with Gasteiger partial charge in [-0.2, -0.15) is 0 Å². The molecule has 1 aliphatic carbocycles. The standard InChI is InChI=1S/C37H55N5O6S/c1-25(2)30(36(46)38-3)22-33(43)31(19-27-12-8-5-9-13-27)40-37(47)32(21-29-23-49-24-39-29)41-35(45)28(18-26-10-6-4-7-11-26)20-34(44)42-14-16-48-17-15-42/h4,6-7,10-11,23-25,27-28,30-33,43H,5,8-9,12-22H2,1-3H3,(H,38,46)(H,40,47)(H,41,45)/t28-,30+,31+,32+,33+/m1/s1. The minimum Gasteiger partial charge on any atom is -0.391 e. The lowest BCUT2D eigenvalue weighted by Crippen LogP contribution is -2.55. The first-order valence-corrected chi connectivity index (χ1v) is 18.9. The van der Waals surface area contributed by atoms with Crippen LogP contribution in [0.2, 0.25) is 0 Å². The lowest BCUT2D eigenvalue weighted by molar-refractivity contribution is -0.140. The van der Waals surface area contributed by atoms with Gasteiger partial charge in [0.15, 0.2) is 0 Å². The van der Waals surface area contributed by atoms with Crippen molar-refractivity contribution in [3.05, 3.63) is 52.5 Å². The summed E-state index contributed by atoms with van der Waals surface area (Å²) >= 11 is 1.41. The SMILES string of the molecule is CNC(=O)[C@@H](C[C@H](O)[C@H](CC1CCCCC1)NC(=O)[C@H](Cc1cscn1)NC(=O)[C@@H](CC(=O)N1CCOCC1)Cc1ccccc1)C(C)C. The first-order chi connectivity index (χ1) is 23.6. The number of benzene rings is 1. The highest BCUT2D eigenvalue weighted by Gasteiger charge is 2.35. The average molecular weight is 698 g/mol. The highest BCUT2D eigenvalue weighted by molar-refractivity contribution is 7.07. The highest BCUT2D eigenvalue weighted by atomic mass is 32.1. The molecular weight excluding hydrogens is 643 g/mol. The van der Waals surface area contributed by atoms with Crippen LogP contribution < -0.4 is 16.0 Å². The van der Waals surface area contributed by atoms with Gasteiger partial charge in [0, 0.05) is 44.3 Å². The number of morpholine rings is 1. The van der Waals surface area contributed by atoms with E-state index < -0.39 is 35.9 Å². The maximum Gasteiger partial charge on any atom is 0.243 e. The van der Waals surface area contributed by atoms with Gasteiger partial charge >= 0.3 is 0 Å². The molecule has 0 unspecified atom stereocenters. The van der Waals surface area contributed by atoms with E-state index in [1.165, 1.54) is 17.8 Å². The number of aliphatic hydroxyl groups is 1. The van der Waals surface area contributed by atoms with Crippen molar-refractivity contribution in [2.45, 2.75) is 96.2 Å². The molecule has 1 saturated heterocycles. The van der Waals surface area contributed by atoms with Crippen LogP contribution in [0.4, 0.5) is 0 Å². The van der Waals surface area contributed by atoms with Gasteiger partial charge in [0.2, 0.25) is 23.6 Å². The first kappa shape index (κ1) is 38.5. The van der Waals surface area contributed by atoms with Crippen LogP contribution in [0.1, 0.15) is 76.5 Å². The number of nitrogens with one attached hydrogen (secondary N) is 3. The van der Waals surface area contributed by atoms with Gasteiger partial charge in [0.05, 0.1) is 42.5 Å². The molecule has 2 aliphatic rings. The van der Waals surface area contributed by atoms with Crippen molar-refractivity contribution >= 4 is 35.0 Å². The molecule has 2 fully saturated rings. The number of aliphatic hydroxyl groups excluding tert-OH is 1. The summed E-state index contributed by atoms with van der Waals surface area (Å²) in [5.74, 6) is -1.83. The van der Waals surface area contributed by atoms with E-state index in [1.807, 2.05) is 49.6 Å². The Kier molecular flexibility index (Phi) is 15.5. The fraction of sp³-hybridized carbons (Fsp3) is 0.649. The Balaban J connectivity index is 1.55. The van der Waals surface area contributed by atoms with E-state index in [0.29, 0.717) is 50.8 Å². The third-order valence-corrected chi connectivity index (χ3v) is 10.6. The number of carbonyl (C=O) groups excluding carboxylic acids is 4. The van der Waals surface area contributed by atoms with Crippen LogP contribution in [0.15, 0.2) is 41.2 Å². The normalized spacial score (nSPS) is 18.6. The smallest absolute Gasteiger partial charge is 0.243 e. The lowest BCUT2D eigenvalue weighted by Gasteiger charge is -2.33. The molecule has 2 heterocycles. The highest BCUT2D eigenvalue weighted by Crippen LogP contribution is 2.30. The monoisotopic (exact) mass is 697 g/mol. The predicted octanol–water partition coefficient (Wildman–Crippen LogP) is 3.50. The Morgan fingerprint density at radius 3 is 2.33 bits per heavy atom. The van der Waals surface area contributed by atoms with Gasteiger partial charge in [-0.25, -0.2) is 4.98 Å². The molecule has 0 radical (unpaired) electrons. The fourth-order valence-corrected chi connectivity index (χ4v) is 7.60. The average Bonchev–Trinajstić information content (AvgIpc) is 3.63. The molecule has 1 aromatic heterocycles. The van der Waals surface area contributed by atoms with E-state index >= 15 is 0 Å². The second-order valence-electron chi connectivity index (χ2n) is 14.0. The molecule has 12 heteroatoms. The third-order valence-electron chi connectivity index (χ3n) is 10.00. The van der Waals surface area contributed by atoms with Gasteiger partial charge in [-0.1, -0.05) is 76.3 Å². The maximum atomic E-state index is 14.2. The molecule has 1 aromatic carbocycles. The summed E-state index contributed by atoms with van der Waals surface area (Å²) in [5, 5.41) is 22.3. The van der Waals surface area contributed by atoms with Crippen molar-refractivity contribution in [1.82, 2.24) is 25.8 Å². The first-order valence-electron chi connectivity index (χ1n) is 17.9. The molecule has 1 aliphatic heterocycles. The number of nitrogens with zero attached hydrogens (tertiary/aromatic N) is 2. The summed E-state index contributed by atoms with van der Waals surface area (Å²) in [7, 11) is 1.59. The van der Waals surface area contributed by atoms with Crippen molar-refractivity contribution in [3.8, 4) is 0 Å². The molecular formula is C37H55N5O6S. The largest absolute Gasteiger partial charge is 0.391 e. The predicted molar refractivity (Wildman–Crippen MR) is 190 cm³/mol. The quantitative estimate of drug-likeness (QED) is 0.198. The topological polar surface area (TPSA) is 150 Å². The molecule has 4 rings (SSSR count). The summed E-state index contributed by atoms with van der Waals surface area (Å²) in [4.78, 5) is 60.4. The van der Waals surface area contributed by atoms with E-state index in [2.05, 4.69) is 20.9 Å². The third kappa shape index (κ3) is 12.2. The molecule has 5 atom stereocenters. The Morgan fingerprint density at radius 1 is 0.980 bits per heavy atom. The molecule has 11 nitrogen and oxygen atoms in total. The number of carbonyl (C=O) groups is 4. The fourth-order valence-electron chi connectivity index (χ4n) is 7.02. The van der Waals surface area contributed by atoms with E-state index in [0.717, 1.165) is 31.2 Å². The van der Waals surface area contributed by atoms with Crippen molar-refractivity contribution in [2.75, 3.05) is 33.4 Å². The van der Waals surface area contributed by atoms with Gasteiger partial charge in [0.1, 0.15) is 6.04 Å². The number of hydrogen-bond acceptors (Lipinski definition) is 8. The molecule has 4 N–H and O–H groups in total. The zero-order chi connectivity index (χ0) is 35.2. The van der Waals surface area contributed by atoms with Crippen molar-refractivity contribution < 1.29 is 29.0 Å². The summed E-state index contributed by atoms with van der Waals surface area (Å²) in [6, 6.07) is 7.99. The zero-order valence-corrected chi connectivity index (χ0v) is 30.1. The van der Waals surface area contributed by atoms with E-state index in [1.54, 1.807) is 17.5 Å². The molecule has 1 saturated carbocycles. The number of amides is 4. The second-order valence-corrected chi connectivity index (χ2v) is 14.7. The minimum absolute atomic E-state index is 0.000875. The van der Waals surface area contributed by atoms with Crippen LogP contribution in [0.25, 0.3) is 0 Å². The Labute approximate surface area is 295 Å². The Hall–Kier alpha value is -3.35. The van der Waals surface area contributed by atoms with Gasteiger partial charge < -0.3 is 30.7 Å². The number of ether oxygens (including phenoxy) is 1. The maximum absolute atomic E-state index is 14.2. The summed E-state index contributed by atoms with van der Waals surface area (Å²) in [6.07, 6.45) is 5.82. The summed E-state index contributed by atoms with van der Waals surface area (Å²) in [5.41, 5.74) is 3.27.